The number of carbonyl (C=O) groups is 1. The standard InChI is InChI=1S/C19H22N2O3S.ClH/c1-15-2-8-18(9-3-15)25(23,24)14-16-4-6-17(7-5-16)19(22)21-12-10-20-11-13-21;/h2-9,20H,10-14H2,1H3;1H. The molecule has 1 saturated heterocycles. The van der Waals surface area contributed by atoms with Gasteiger partial charge in [0, 0.05) is 31.7 Å². The first-order chi connectivity index (χ1) is 12.0. The highest BCUT2D eigenvalue weighted by Crippen LogP contribution is 2.18. The third kappa shape index (κ3) is 4.84. The normalized spacial score (nSPS) is 14.6. The number of sulfone groups is 1. The fourth-order valence-corrected chi connectivity index (χ4v) is 4.19. The summed E-state index contributed by atoms with van der Waals surface area (Å²) in [5.74, 6) is -0.0764. The first-order valence-corrected chi connectivity index (χ1v) is 9.99. The van der Waals surface area contributed by atoms with Crippen molar-refractivity contribution in [1.29, 1.82) is 0 Å². The molecule has 0 bridgehead atoms. The van der Waals surface area contributed by atoms with Gasteiger partial charge in [-0.05, 0) is 36.8 Å². The Hall–Kier alpha value is -1.89. The number of nitrogens with one attached hydrogen (secondary N) is 1. The Kier molecular flexibility index (Phi) is 6.81. The van der Waals surface area contributed by atoms with Gasteiger partial charge < -0.3 is 10.2 Å². The van der Waals surface area contributed by atoms with Gasteiger partial charge in [-0.25, -0.2) is 8.42 Å². The summed E-state index contributed by atoms with van der Waals surface area (Å²) in [6.45, 7) is 4.92. The number of carbonyl (C=O) groups excluding carboxylic acids is 1. The van der Waals surface area contributed by atoms with E-state index in [9.17, 15) is 13.2 Å². The summed E-state index contributed by atoms with van der Waals surface area (Å²) in [5.41, 5.74) is 2.30. The number of benzene rings is 2. The third-order valence-electron chi connectivity index (χ3n) is 4.34. The molecule has 0 saturated carbocycles. The van der Waals surface area contributed by atoms with Gasteiger partial charge in [0.25, 0.3) is 5.91 Å². The summed E-state index contributed by atoms with van der Waals surface area (Å²) in [6.07, 6.45) is 0. The van der Waals surface area contributed by atoms with Crippen molar-refractivity contribution in [2.24, 2.45) is 0 Å². The highest BCUT2D eigenvalue weighted by atomic mass is 35.5. The van der Waals surface area contributed by atoms with Crippen molar-refractivity contribution in [3.63, 3.8) is 0 Å². The van der Waals surface area contributed by atoms with Crippen LogP contribution in [0.15, 0.2) is 53.4 Å². The third-order valence-corrected chi connectivity index (χ3v) is 6.05. The molecule has 5 nitrogen and oxygen atoms in total. The predicted molar refractivity (Wildman–Crippen MR) is 105 cm³/mol. The van der Waals surface area contributed by atoms with E-state index in [-0.39, 0.29) is 24.1 Å². The van der Waals surface area contributed by atoms with Gasteiger partial charge in [-0.3, -0.25) is 4.79 Å². The highest BCUT2D eigenvalue weighted by Gasteiger charge is 2.19. The topological polar surface area (TPSA) is 66.5 Å². The van der Waals surface area contributed by atoms with E-state index in [2.05, 4.69) is 5.32 Å². The predicted octanol–water partition coefficient (Wildman–Crippen LogP) is 2.44. The van der Waals surface area contributed by atoms with Crippen molar-refractivity contribution in [2.45, 2.75) is 17.6 Å². The Morgan fingerprint density at radius 3 is 2.15 bits per heavy atom. The Bertz CT molecular complexity index is 843. The van der Waals surface area contributed by atoms with Crippen LogP contribution in [-0.2, 0) is 15.6 Å². The Labute approximate surface area is 160 Å². The number of hydrogen-bond acceptors (Lipinski definition) is 4. The van der Waals surface area contributed by atoms with Crippen LogP contribution in [0.25, 0.3) is 0 Å². The second kappa shape index (κ2) is 8.66. The summed E-state index contributed by atoms with van der Waals surface area (Å²) in [7, 11) is -3.39. The molecule has 26 heavy (non-hydrogen) atoms. The van der Waals surface area contributed by atoms with Crippen LogP contribution in [-0.4, -0.2) is 45.4 Å². The van der Waals surface area contributed by atoms with Gasteiger partial charge in [-0.2, -0.15) is 0 Å². The van der Waals surface area contributed by atoms with Crippen molar-refractivity contribution < 1.29 is 13.2 Å². The Morgan fingerprint density at radius 1 is 1.00 bits per heavy atom. The van der Waals surface area contributed by atoms with Crippen LogP contribution in [0.5, 0.6) is 0 Å². The molecule has 0 atom stereocenters. The van der Waals surface area contributed by atoms with E-state index in [1.165, 1.54) is 0 Å². The minimum absolute atomic E-state index is 0. The summed E-state index contributed by atoms with van der Waals surface area (Å²) in [4.78, 5) is 14.6. The van der Waals surface area contributed by atoms with Gasteiger partial charge in [0.2, 0.25) is 0 Å². The molecule has 1 amide bonds. The molecule has 140 valence electrons. The van der Waals surface area contributed by atoms with E-state index in [4.69, 9.17) is 0 Å². The van der Waals surface area contributed by atoms with E-state index in [1.807, 2.05) is 11.8 Å². The summed E-state index contributed by atoms with van der Waals surface area (Å²) in [5, 5.41) is 3.21. The Morgan fingerprint density at radius 2 is 1.58 bits per heavy atom. The molecule has 1 N–H and O–H groups in total. The average molecular weight is 395 g/mol. The molecule has 1 fully saturated rings. The van der Waals surface area contributed by atoms with E-state index in [1.54, 1.807) is 48.5 Å². The number of hydrogen-bond donors (Lipinski definition) is 1. The second-order valence-corrected chi connectivity index (χ2v) is 8.30. The molecule has 0 aliphatic carbocycles. The Balaban J connectivity index is 0.00000243. The van der Waals surface area contributed by atoms with Gasteiger partial charge in [0.05, 0.1) is 10.6 Å². The van der Waals surface area contributed by atoms with Gasteiger partial charge in [-0.15, -0.1) is 12.4 Å². The van der Waals surface area contributed by atoms with Crippen LogP contribution in [0, 0.1) is 6.92 Å². The second-order valence-electron chi connectivity index (χ2n) is 6.31. The number of nitrogens with zero attached hydrogens (tertiary/aromatic N) is 1. The zero-order valence-electron chi connectivity index (χ0n) is 14.6. The molecule has 3 rings (SSSR count). The van der Waals surface area contributed by atoms with Crippen LogP contribution in [0.4, 0.5) is 0 Å². The van der Waals surface area contributed by atoms with Crippen LogP contribution < -0.4 is 5.32 Å². The lowest BCUT2D eigenvalue weighted by Crippen LogP contribution is -2.46. The summed E-state index contributed by atoms with van der Waals surface area (Å²) >= 11 is 0. The first kappa shape index (κ1) is 20.4. The van der Waals surface area contributed by atoms with Crippen molar-refractivity contribution in [1.82, 2.24) is 10.2 Å². The molecule has 0 spiro atoms. The minimum Gasteiger partial charge on any atom is -0.336 e. The number of aryl methyl sites for hydroxylation is 1. The van der Waals surface area contributed by atoms with Gasteiger partial charge in [0.15, 0.2) is 9.84 Å². The quantitative estimate of drug-likeness (QED) is 0.864. The van der Waals surface area contributed by atoms with Crippen LogP contribution >= 0.6 is 12.4 Å². The fourth-order valence-electron chi connectivity index (χ4n) is 2.84. The zero-order valence-corrected chi connectivity index (χ0v) is 16.3. The average Bonchev–Trinajstić information content (AvgIpc) is 2.62. The molecule has 0 unspecified atom stereocenters. The van der Waals surface area contributed by atoms with E-state index >= 15 is 0 Å². The van der Waals surface area contributed by atoms with Crippen molar-refractivity contribution in [3.8, 4) is 0 Å². The maximum Gasteiger partial charge on any atom is 0.253 e. The lowest BCUT2D eigenvalue weighted by molar-refractivity contribution is 0.0736. The molecular weight excluding hydrogens is 372 g/mol. The molecule has 2 aromatic carbocycles. The van der Waals surface area contributed by atoms with Crippen molar-refractivity contribution >= 4 is 28.2 Å². The van der Waals surface area contributed by atoms with Gasteiger partial charge in [-0.1, -0.05) is 29.8 Å². The molecule has 1 aliphatic rings. The first-order valence-electron chi connectivity index (χ1n) is 8.34. The lowest BCUT2D eigenvalue weighted by atomic mass is 10.1. The number of piperazine rings is 1. The number of halogens is 1. The highest BCUT2D eigenvalue weighted by molar-refractivity contribution is 7.90. The smallest absolute Gasteiger partial charge is 0.253 e. The van der Waals surface area contributed by atoms with E-state index < -0.39 is 9.84 Å². The molecule has 0 radical (unpaired) electrons. The molecule has 2 aromatic rings. The van der Waals surface area contributed by atoms with Crippen LogP contribution in [0.2, 0.25) is 0 Å². The van der Waals surface area contributed by atoms with Crippen molar-refractivity contribution in [2.75, 3.05) is 26.2 Å². The largest absolute Gasteiger partial charge is 0.336 e. The van der Waals surface area contributed by atoms with E-state index in [0.29, 0.717) is 29.1 Å². The molecule has 0 aromatic heterocycles. The molecule has 1 heterocycles. The maximum atomic E-state index is 12.5. The lowest BCUT2D eigenvalue weighted by Gasteiger charge is -2.27. The zero-order chi connectivity index (χ0) is 17.9. The fraction of sp³-hybridized carbons (Fsp3) is 0.316. The van der Waals surface area contributed by atoms with Crippen molar-refractivity contribution in [3.05, 3.63) is 65.2 Å². The maximum absolute atomic E-state index is 12.5. The number of amides is 1. The minimum atomic E-state index is -3.39. The summed E-state index contributed by atoms with van der Waals surface area (Å²) < 4.78 is 25.0. The van der Waals surface area contributed by atoms with Crippen LogP contribution in [0.3, 0.4) is 0 Å². The van der Waals surface area contributed by atoms with Gasteiger partial charge in [0.1, 0.15) is 0 Å². The molecule has 7 heteroatoms. The SMILES string of the molecule is Cc1ccc(S(=O)(=O)Cc2ccc(C(=O)N3CCNCC3)cc2)cc1.Cl. The van der Waals surface area contributed by atoms with Gasteiger partial charge >= 0.3 is 0 Å². The number of rotatable bonds is 4. The van der Waals surface area contributed by atoms with Crippen LogP contribution in [0.1, 0.15) is 21.5 Å². The summed E-state index contributed by atoms with van der Waals surface area (Å²) in [6, 6.07) is 13.7. The monoisotopic (exact) mass is 394 g/mol. The van der Waals surface area contributed by atoms with E-state index in [0.717, 1.165) is 18.7 Å². The molecule has 1 aliphatic heterocycles. The molecular formula is C19H23ClN2O3S.